The number of carboxylic acid groups (broad SMARTS) is 1. The molecule has 3 amide bonds. The Morgan fingerprint density at radius 3 is 2.02 bits per heavy atom. The van der Waals surface area contributed by atoms with Crippen molar-refractivity contribution in [2.75, 3.05) is 93.5 Å². The number of alkyl halides is 2. The van der Waals surface area contributed by atoms with Crippen molar-refractivity contribution < 1.29 is 38.5 Å². The van der Waals surface area contributed by atoms with Crippen molar-refractivity contribution in [3.05, 3.63) is 81.9 Å². The smallest absolute Gasteiger partial charge is 0.326 e. The Morgan fingerprint density at radius 2 is 1.41 bits per heavy atom. The van der Waals surface area contributed by atoms with E-state index in [1.165, 1.54) is 23.9 Å². The van der Waals surface area contributed by atoms with E-state index in [0.29, 0.717) is 95.1 Å². The van der Waals surface area contributed by atoms with Crippen LogP contribution in [0.3, 0.4) is 0 Å². The van der Waals surface area contributed by atoms with Crippen LogP contribution in [0.5, 0.6) is 0 Å². The van der Waals surface area contributed by atoms with Crippen LogP contribution in [0.25, 0.3) is 11.2 Å². The van der Waals surface area contributed by atoms with Crippen LogP contribution >= 0.6 is 23.2 Å². The largest absolute Gasteiger partial charge is 0.480 e. The van der Waals surface area contributed by atoms with Gasteiger partial charge in [-0.1, -0.05) is 12.1 Å². The molecule has 0 saturated heterocycles. The van der Waals surface area contributed by atoms with E-state index in [0.717, 1.165) is 31.6 Å². The quantitative estimate of drug-likeness (QED) is 0.0274. The van der Waals surface area contributed by atoms with Gasteiger partial charge in [0.25, 0.3) is 11.5 Å². The van der Waals surface area contributed by atoms with Gasteiger partial charge in [-0.25, -0.2) is 14.8 Å². The Labute approximate surface area is 381 Å². The first kappa shape index (κ1) is 51.0. The second-order valence-corrected chi connectivity index (χ2v) is 15.2. The van der Waals surface area contributed by atoms with Gasteiger partial charge in [0.1, 0.15) is 6.04 Å². The van der Waals surface area contributed by atoms with E-state index in [1.54, 1.807) is 12.1 Å². The molecule has 4 aromatic rings. The number of aromatic amines is 1. The summed E-state index contributed by atoms with van der Waals surface area (Å²) < 4.78 is 16.6. The summed E-state index contributed by atoms with van der Waals surface area (Å²) in [6.45, 7) is 5.12. The third kappa shape index (κ3) is 19.0. The average Bonchev–Trinajstić information content (AvgIpc) is 3.28. The van der Waals surface area contributed by atoms with Gasteiger partial charge in [0.05, 0.1) is 44.9 Å². The van der Waals surface area contributed by atoms with E-state index in [-0.39, 0.29) is 53.9 Å². The van der Waals surface area contributed by atoms with E-state index in [1.807, 2.05) is 0 Å². The summed E-state index contributed by atoms with van der Waals surface area (Å²) in [7, 11) is 0. The molecule has 0 aliphatic carbocycles. The lowest BCUT2D eigenvalue weighted by molar-refractivity contribution is -0.139. The minimum absolute atomic E-state index is 0.0274. The number of benzene rings is 2. The number of carbonyl (C=O) groups excluding carboxylic acids is 3. The fraction of sp³-hybridized carbons (Fsp3) is 0.488. The van der Waals surface area contributed by atoms with Crippen molar-refractivity contribution in [1.29, 1.82) is 0 Å². The number of rotatable bonds is 32. The molecule has 348 valence electrons. The molecule has 0 unspecified atom stereocenters. The molecular weight excluding hydrogens is 871 g/mol. The number of carbonyl (C=O) groups is 4. The van der Waals surface area contributed by atoms with Crippen molar-refractivity contribution in [2.24, 2.45) is 0 Å². The Balaban J connectivity index is 0.946. The van der Waals surface area contributed by atoms with Crippen LogP contribution in [0.15, 0.2) is 59.5 Å². The monoisotopic (exact) mass is 928 g/mol. The number of halogens is 2. The molecule has 19 nitrogen and oxygen atoms in total. The molecule has 0 aliphatic heterocycles. The fourth-order valence-electron chi connectivity index (χ4n) is 6.19. The summed E-state index contributed by atoms with van der Waals surface area (Å²) in [4.78, 5) is 78.1. The number of nitrogens with zero attached hydrogens (tertiary/aromatic N) is 4. The van der Waals surface area contributed by atoms with Gasteiger partial charge in [0.2, 0.25) is 17.8 Å². The number of hydrogen-bond acceptors (Lipinski definition) is 14. The second kappa shape index (κ2) is 29.0. The highest BCUT2D eigenvalue weighted by molar-refractivity contribution is 6.18. The molecule has 0 spiro atoms. The van der Waals surface area contributed by atoms with Gasteiger partial charge in [0.15, 0.2) is 11.2 Å². The minimum Gasteiger partial charge on any atom is -0.480 e. The zero-order valence-corrected chi connectivity index (χ0v) is 37.3. The SMILES string of the molecule is Nc1nc2ncc(CNc3ccc(C(=O)N[C@@H](CCC(=O)NCCCOCCOCCOCCCNC(=O)CCCc4ccc(N(CCCl)CCCl)cc4)C(=O)O)cc3)nc2c(=O)[nH]1. The number of aliphatic carboxylic acids is 1. The molecule has 0 saturated carbocycles. The Kier molecular flexibility index (Phi) is 23.1. The number of aryl methyl sites for hydroxylation is 1. The first-order chi connectivity index (χ1) is 31.1. The Hall–Kier alpha value is -5.60. The number of nitrogens with two attached hydrogens (primary N) is 1. The highest BCUT2D eigenvalue weighted by Gasteiger charge is 2.22. The van der Waals surface area contributed by atoms with Gasteiger partial charge in [-0.15, -0.1) is 23.2 Å². The van der Waals surface area contributed by atoms with Crippen LogP contribution in [0.4, 0.5) is 17.3 Å². The number of anilines is 3. The fourth-order valence-corrected chi connectivity index (χ4v) is 6.59. The van der Waals surface area contributed by atoms with Gasteiger partial charge >= 0.3 is 5.97 Å². The normalized spacial score (nSPS) is 11.5. The van der Waals surface area contributed by atoms with Crippen LogP contribution in [0, 0.1) is 0 Å². The maximum Gasteiger partial charge on any atom is 0.326 e. The lowest BCUT2D eigenvalue weighted by Gasteiger charge is -2.23. The lowest BCUT2D eigenvalue weighted by Crippen LogP contribution is -2.41. The minimum atomic E-state index is -1.27. The molecule has 2 aromatic heterocycles. The Morgan fingerprint density at radius 1 is 0.797 bits per heavy atom. The van der Waals surface area contributed by atoms with Crippen LogP contribution in [-0.2, 0) is 41.6 Å². The molecule has 2 heterocycles. The summed E-state index contributed by atoms with van der Waals surface area (Å²) in [6.07, 6.45) is 4.58. The summed E-state index contributed by atoms with van der Waals surface area (Å²) in [5.74, 6) is -1.16. The van der Waals surface area contributed by atoms with Crippen LogP contribution < -0.4 is 37.5 Å². The maximum atomic E-state index is 12.8. The molecular formula is C43H58Cl2N10O9. The van der Waals surface area contributed by atoms with Crippen molar-refractivity contribution in [2.45, 2.75) is 57.5 Å². The van der Waals surface area contributed by atoms with Crippen molar-refractivity contribution >= 4 is 75.4 Å². The second-order valence-electron chi connectivity index (χ2n) is 14.4. The lowest BCUT2D eigenvalue weighted by atomic mass is 10.1. The number of fused-ring (bicyclic) bond motifs is 1. The van der Waals surface area contributed by atoms with Crippen molar-refractivity contribution in [3.8, 4) is 0 Å². The summed E-state index contributed by atoms with van der Waals surface area (Å²) in [6, 6.07) is 13.4. The third-order valence-corrected chi connectivity index (χ3v) is 9.91. The highest BCUT2D eigenvalue weighted by atomic mass is 35.5. The molecule has 21 heteroatoms. The molecule has 0 radical (unpaired) electrons. The zero-order valence-electron chi connectivity index (χ0n) is 35.8. The molecule has 1 atom stereocenters. The first-order valence-corrected chi connectivity index (χ1v) is 22.2. The van der Waals surface area contributed by atoms with Gasteiger partial charge in [-0.05, 0) is 74.1 Å². The number of nitrogen functional groups attached to an aromatic ring is 1. The summed E-state index contributed by atoms with van der Waals surface area (Å²) >= 11 is 11.8. The topological polar surface area (TPSA) is 265 Å². The van der Waals surface area contributed by atoms with E-state index in [9.17, 15) is 29.1 Å². The first-order valence-electron chi connectivity index (χ1n) is 21.2. The Bertz CT molecular complexity index is 2110. The maximum absolute atomic E-state index is 12.8. The summed E-state index contributed by atoms with van der Waals surface area (Å²) in [5.41, 5.74) is 8.83. The van der Waals surface area contributed by atoms with Gasteiger partial charge < -0.3 is 51.2 Å². The predicted octanol–water partition coefficient (Wildman–Crippen LogP) is 3.24. The van der Waals surface area contributed by atoms with Crippen molar-refractivity contribution in [3.63, 3.8) is 0 Å². The number of hydrogen-bond donors (Lipinski definition) is 7. The highest BCUT2D eigenvalue weighted by Crippen LogP contribution is 2.17. The zero-order chi connectivity index (χ0) is 45.9. The number of amides is 3. The molecule has 4 rings (SSSR count). The number of H-pyrrole nitrogens is 1. The van der Waals surface area contributed by atoms with E-state index in [4.69, 9.17) is 43.1 Å². The van der Waals surface area contributed by atoms with Gasteiger partial charge in [0, 0.05) is 80.9 Å². The average molecular weight is 930 g/mol. The molecule has 8 N–H and O–H groups in total. The van der Waals surface area contributed by atoms with E-state index < -0.39 is 23.5 Å². The molecule has 64 heavy (non-hydrogen) atoms. The van der Waals surface area contributed by atoms with Gasteiger partial charge in [-0.2, -0.15) is 4.98 Å². The molecule has 0 bridgehead atoms. The molecule has 0 fully saturated rings. The van der Waals surface area contributed by atoms with E-state index >= 15 is 0 Å². The molecule has 2 aromatic carbocycles. The standard InChI is InChI=1S/C43H58Cl2N10O9/c44-16-20-55(21-17-45)34-12-6-30(7-13-34)4-1-5-36(56)47-18-2-22-62-24-26-64-27-25-63-23-3-19-48-37(57)15-14-35(42(60)61)52-40(58)31-8-10-32(11-9-31)49-28-33-29-50-39-38(51-33)41(59)54-43(46)53-39/h6-13,29,35,49H,1-5,14-28H2,(H,47,56)(H,48,57)(H,52,58)(H,60,61)(H3,46,50,53,54,59)/t35-/m0/s1. The number of nitrogens with one attached hydrogen (secondary N) is 5. The predicted molar refractivity (Wildman–Crippen MR) is 245 cm³/mol. The number of aromatic nitrogens is 4. The molecule has 0 aliphatic rings. The van der Waals surface area contributed by atoms with Crippen LogP contribution in [-0.4, -0.2) is 132 Å². The number of ether oxygens (including phenoxy) is 3. The third-order valence-electron chi connectivity index (χ3n) is 9.57. The van der Waals surface area contributed by atoms with Crippen molar-refractivity contribution in [1.82, 2.24) is 35.9 Å². The van der Waals surface area contributed by atoms with E-state index in [2.05, 4.69) is 70.4 Å². The summed E-state index contributed by atoms with van der Waals surface area (Å²) in [5, 5.41) is 20.9. The van der Waals surface area contributed by atoms with Crippen LogP contribution in [0.2, 0.25) is 0 Å². The van der Waals surface area contributed by atoms with Gasteiger partial charge in [-0.3, -0.25) is 24.2 Å². The van der Waals surface area contributed by atoms with Crippen LogP contribution in [0.1, 0.15) is 60.1 Å². The number of carboxylic acids is 1.